The standard InChI is InChI=1S/C14H16N2O3/c1-2-18-14(17)13-11-5-3-4-6-12(11)16(15-13)9-10-7-8-19-10/h3-6,10H,2,7-9H2,1H3. The van der Waals surface area contributed by atoms with Crippen molar-refractivity contribution < 1.29 is 14.3 Å². The summed E-state index contributed by atoms with van der Waals surface area (Å²) in [7, 11) is 0. The average molecular weight is 260 g/mol. The highest BCUT2D eigenvalue weighted by atomic mass is 16.5. The van der Waals surface area contributed by atoms with E-state index in [1.54, 1.807) is 6.92 Å². The van der Waals surface area contributed by atoms with Gasteiger partial charge in [0, 0.05) is 12.0 Å². The Hall–Kier alpha value is -1.88. The molecule has 0 spiro atoms. The molecule has 3 rings (SSSR count). The summed E-state index contributed by atoms with van der Waals surface area (Å²) in [6.07, 6.45) is 1.25. The molecule has 1 unspecified atom stereocenters. The van der Waals surface area contributed by atoms with Gasteiger partial charge in [-0.25, -0.2) is 4.79 Å². The number of carbonyl (C=O) groups excluding carboxylic acids is 1. The molecule has 2 heterocycles. The summed E-state index contributed by atoms with van der Waals surface area (Å²) in [4.78, 5) is 11.9. The number of esters is 1. The van der Waals surface area contributed by atoms with Gasteiger partial charge in [0.25, 0.3) is 0 Å². The molecular formula is C14H16N2O3. The molecule has 1 aromatic carbocycles. The zero-order valence-corrected chi connectivity index (χ0v) is 10.8. The van der Waals surface area contributed by atoms with E-state index in [1.165, 1.54) is 0 Å². The fourth-order valence-electron chi connectivity index (χ4n) is 2.24. The smallest absolute Gasteiger partial charge is 0.359 e. The number of aromatic nitrogens is 2. The number of benzene rings is 1. The van der Waals surface area contributed by atoms with Crippen molar-refractivity contribution in [2.24, 2.45) is 0 Å². The van der Waals surface area contributed by atoms with E-state index in [0.29, 0.717) is 18.8 Å². The molecule has 19 heavy (non-hydrogen) atoms. The molecule has 0 aliphatic carbocycles. The van der Waals surface area contributed by atoms with Crippen LogP contribution in [0.3, 0.4) is 0 Å². The molecule has 0 N–H and O–H groups in total. The fraction of sp³-hybridized carbons (Fsp3) is 0.429. The summed E-state index contributed by atoms with van der Waals surface area (Å²) in [5, 5.41) is 5.23. The number of fused-ring (bicyclic) bond motifs is 1. The number of hydrogen-bond acceptors (Lipinski definition) is 4. The topological polar surface area (TPSA) is 53.3 Å². The molecule has 1 atom stereocenters. The molecular weight excluding hydrogens is 244 g/mol. The molecule has 0 saturated carbocycles. The monoisotopic (exact) mass is 260 g/mol. The Balaban J connectivity index is 1.99. The first kappa shape index (κ1) is 12.2. The highest BCUT2D eigenvalue weighted by molar-refractivity contribution is 6.02. The summed E-state index contributed by atoms with van der Waals surface area (Å²) < 4.78 is 12.3. The van der Waals surface area contributed by atoms with Crippen LogP contribution < -0.4 is 0 Å². The second-order valence-electron chi connectivity index (χ2n) is 4.55. The predicted molar refractivity (Wildman–Crippen MR) is 70.0 cm³/mol. The molecule has 5 nitrogen and oxygen atoms in total. The number of rotatable bonds is 4. The van der Waals surface area contributed by atoms with Gasteiger partial charge in [-0.3, -0.25) is 4.68 Å². The lowest BCUT2D eigenvalue weighted by Crippen LogP contribution is -2.31. The van der Waals surface area contributed by atoms with Gasteiger partial charge in [-0.1, -0.05) is 18.2 Å². The highest BCUT2D eigenvalue weighted by Gasteiger charge is 2.23. The molecule has 0 amide bonds. The van der Waals surface area contributed by atoms with Crippen molar-refractivity contribution in [3.8, 4) is 0 Å². The molecule has 1 aliphatic heterocycles. The van der Waals surface area contributed by atoms with Crippen molar-refractivity contribution in [2.75, 3.05) is 13.2 Å². The maximum Gasteiger partial charge on any atom is 0.359 e. The first-order valence-corrected chi connectivity index (χ1v) is 6.54. The van der Waals surface area contributed by atoms with Gasteiger partial charge in [0.1, 0.15) is 0 Å². The molecule has 1 saturated heterocycles. The largest absolute Gasteiger partial charge is 0.461 e. The van der Waals surface area contributed by atoms with E-state index in [9.17, 15) is 4.79 Å². The lowest BCUT2D eigenvalue weighted by molar-refractivity contribution is -0.0603. The predicted octanol–water partition coefficient (Wildman–Crippen LogP) is 2.00. The first-order valence-electron chi connectivity index (χ1n) is 6.54. The van der Waals surface area contributed by atoms with E-state index >= 15 is 0 Å². The van der Waals surface area contributed by atoms with Crippen molar-refractivity contribution in [3.63, 3.8) is 0 Å². The second-order valence-corrected chi connectivity index (χ2v) is 4.55. The lowest BCUT2D eigenvalue weighted by atomic mass is 10.2. The number of hydrogen-bond donors (Lipinski definition) is 0. The van der Waals surface area contributed by atoms with E-state index in [2.05, 4.69) is 5.10 Å². The normalized spacial score (nSPS) is 18.3. The molecule has 100 valence electrons. The van der Waals surface area contributed by atoms with Gasteiger partial charge in [0.2, 0.25) is 0 Å². The van der Waals surface area contributed by atoms with E-state index < -0.39 is 0 Å². The molecule has 0 bridgehead atoms. The maximum atomic E-state index is 11.9. The number of para-hydroxylation sites is 1. The van der Waals surface area contributed by atoms with Gasteiger partial charge in [-0.2, -0.15) is 5.10 Å². The summed E-state index contributed by atoms with van der Waals surface area (Å²) in [6, 6.07) is 7.70. The van der Waals surface area contributed by atoms with Crippen LogP contribution in [0.1, 0.15) is 23.8 Å². The Kier molecular flexibility index (Phi) is 3.21. The van der Waals surface area contributed by atoms with Gasteiger partial charge < -0.3 is 9.47 Å². The van der Waals surface area contributed by atoms with Crippen LogP contribution in [-0.4, -0.2) is 35.1 Å². The van der Waals surface area contributed by atoms with Gasteiger partial charge in [0.15, 0.2) is 5.69 Å². The minimum atomic E-state index is -0.369. The molecule has 1 fully saturated rings. The third-order valence-electron chi connectivity index (χ3n) is 3.30. The number of ether oxygens (including phenoxy) is 2. The van der Waals surface area contributed by atoms with Gasteiger partial charge in [0.05, 0.1) is 24.8 Å². The lowest BCUT2D eigenvalue weighted by Gasteiger charge is -2.26. The summed E-state index contributed by atoms with van der Waals surface area (Å²) in [6.45, 7) is 3.64. The average Bonchev–Trinajstić information content (AvgIpc) is 2.73. The number of nitrogens with zero attached hydrogens (tertiary/aromatic N) is 2. The van der Waals surface area contributed by atoms with Crippen LogP contribution in [0.2, 0.25) is 0 Å². The Bertz CT molecular complexity index is 602. The Morgan fingerprint density at radius 1 is 1.53 bits per heavy atom. The van der Waals surface area contributed by atoms with Crippen LogP contribution in [0.5, 0.6) is 0 Å². The second kappa shape index (κ2) is 5.01. The van der Waals surface area contributed by atoms with Gasteiger partial charge in [-0.05, 0) is 19.4 Å². The molecule has 1 aromatic heterocycles. The van der Waals surface area contributed by atoms with Crippen molar-refractivity contribution in [1.29, 1.82) is 0 Å². The van der Waals surface area contributed by atoms with Crippen LogP contribution in [0.25, 0.3) is 10.9 Å². The Morgan fingerprint density at radius 3 is 3.00 bits per heavy atom. The van der Waals surface area contributed by atoms with Gasteiger partial charge in [-0.15, -0.1) is 0 Å². The van der Waals surface area contributed by atoms with Crippen LogP contribution in [0.15, 0.2) is 24.3 Å². The minimum absolute atomic E-state index is 0.207. The summed E-state index contributed by atoms with van der Waals surface area (Å²) >= 11 is 0. The van der Waals surface area contributed by atoms with Crippen molar-refractivity contribution in [1.82, 2.24) is 9.78 Å². The highest BCUT2D eigenvalue weighted by Crippen LogP contribution is 2.22. The fourth-order valence-corrected chi connectivity index (χ4v) is 2.24. The zero-order chi connectivity index (χ0) is 13.2. The van der Waals surface area contributed by atoms with E-state index in [1.807, 2.05) is 28.9 Å². The zero-order valence-electron chi connectivity index (χ0n) is 10.8. The van der Waals surface area contributed by atoms with E-state index in [-0.39, 0.29) is 12.1 Å². The molecule has 5 heteroatoms. The maximum absolute atomic E-state index is 11.9. The van der Waals surface area contributed by atoms with Crippen molar-refractivity contribution >= 4 is 16.9 Å². The molecule has 0 radical (unpaired) electrons. The quantitative estimate of drug-likeness (QED) is 0.789. The van der Waals surface area contributed by atoms with Crippen LogP contribution in [-0.2, 0) is 16.0 Å². The summed E-state index contributed by atoms with van der Waals surface area (Å²) in [5.41, 5.74) is 1.33. The Labute approximate surface area is 111 Å². The van der Waals surface area contributed by atoms with Crippen LogP contribution in [0, 0.1) is 0 Å². The molecule has 1 aliphatic rings. The first-order chi connectivity index (χ1) is 9.29. The third-order valence-corrected chi connectivity index (χ3v) is 3.30. The van der Waals surface area contributed by atoms with E-state index in [4.69, 9.17) is 9.47 Å². The van der Waals surface area contributed by atoms with Crippen molar-refractivity contribution in [3.05, 3.63) is 30.0 Å². The minimum Gasteiger partial charge on any atom is -0.461 e. The molecule has 2 aromatic rings. The SMILES string of the molecule is CCOC(=O)c1nn(CC2CCO2)c2ccccc12. The van der Waals surface area contributed by atoms with Crippen molar-refractivity contribution in [2.45, 2.75) is 26.0 Å². The van der Waals surface area contributed by atoms with Gasteiger partial charge >= 0.3 is 5.97 Å². The Morgan fingerprint density at radius 2 is 2.32 bits per heavy atom. The summed E-state index contributed by atoms with van der Waals surface area (Å²) in [5.74, 6) is -0.369. The van der Waals surface area contributed by atoms with Crippen LogP contribution in [0.4, 0.5) is 0 Å². The number of carbonyl (C=O) groups is 1. The third kappa shape index (κ3) is 2.21. The van der Waals surface area contributed by atoms with E-state index in [0.717, 1.165) is 23.9 Å². The van der Waals surface area contributed by atoms with Crippen LogP contribution >= 0.6 is 0 Å².